The van der Waals surface area contributed by atoms with Crippen LogP contribution in [-0.4, -0.2) is 11.4 Å². The number of rotatable bonds is 5. The number of hydrogen-bond acceptors (Lipinski definition) is 2. The van der Waals surface area contributed by atoms with Crippen LogP contribution in [0.4, 0.5) is 11.4 Å². The summed E-state index contributed by atoms with van der Waals surface area (Å²) in [5.41, 5.74) is 21.4. The lowest BCUT2D eigenvalue weighted by atomic mass is 9.42. The van der Waals surface area contributed by atoms with Crippen LogP contribution in [-0.2, 0) is 10.8 Å². The van der Waals surface area contributed by atoms with Gasteiger partial charge in [0.15, 0.2) is 0 Å². The first-order chi connectivity index (χ1) is 35.5. The molecule has 8 bridgehead atoms. The summed E-state index contributed by atoms with van der Waals surface area (Å²) in [4.78, 5) is 2.81. The van der Waals surface area contributed by atoms with E-state index in [0.29, 0.717) is 5.41 Å². The fraction of sp³-hybridized carbons (Fsp3) is 0.294. The van der Waals surface area contributed by atoms with E-state index < -0.39 is 0 Å². The highest BCUT2D eigenvalue weighted by atomic mass is 32.1. The van der Waals surface area contributed by atoms with E-state index >= 15 is 0 Å². The van der Waals surface area contributed by atoms with Crippen LogP contribution in [0.25, 0.3) is 81.0 Å². The van der Waals surface area contributed by atoms with E-state index in [1.807, 2.05) is 11.3 Å². The van der Waals surface area contributed by atoms with Crippen molar-refractivity contribution in [2.75, 3.05) is 4.81 Å². The molecule has 8 aromatic carbocycles. The van der Waals surface area contributed by atoms with E-state index in [1.165, 1.54) is 180 Å². The summed E-state index contributed by atoms with van der Waals surface area (Å²) < 4.78 is 5.50. The summed E-state index contributed by atoms with van der Waals surface area (Å²) in [7, 11) is 0. The molecule has 4 heteroatoms. The molecule has 10 aliphatic rings. The van der Waals surface area contributed by atoms with Gasteiger partial charge in [0.25, 0.3) is 0 Å². The third kappa shape index (κ3) is 5.47. The monoisotopic (exact) mass is 944 g/mol. The molecule has 8 fully saturated rings. The molecule has 8 saturated carbocycles. The summed E-state index contributed by atoms with van der Waals surface area (Å²) in [5, 5.41) is 5.71. The molecule has 0 unspecified atom stereocenters. The minimum atomic E-state index is -0.0203. The Morgan fingerprint density at radius 3 is 1.67 bits per heavy atom. The lowest BCUT2D eigenvalue weighted by Crippen LogP contribution is -2.61. The maximum atomic E-state index is 2.82. The summed E-state index contributed by atoms with van der Waals surface area (Å²) in [6, 6.07) is 64.9. The number of hydrogen-bond donors (Lipinski definition) is 0. The van der Waals surface area contributed by atoms with Crippen molar-refractivity contribution >= 4 is 82.5 Å². The molecule has 4 heterocycles. The number of nitrogens with zero attached hydrogens (tertiary/aromatic N) is 2. The zero-order valence-electron chi connectivity index (χ0n) is 40.9. The van der Waals surface area contributed by atoms with Gasteiger partial charge in [0.05, 0.1) is 11.0 Å². The molecular weight excluding hydrogens is 888 g/mol. The molecule has 0 saturated heterocycles. The number of benzene rings is 8. The van der Waals surface area contributed by atoms with Crippen LogP contribution in [0.1, 0.15) is 88.2 Å². The molecule has 0 amide bonds. The zero-order chi connectivity index (χ0) is 46.6. The maximum absolute atomic E-state index is 2.82. The second kappa shape index (κ2) is 14.2. The van der Waals surface area contributed by atoms with Crippen LogP contribution in [0.5, 0.6) is 0 Å². The van der Waals surface area contributed by atoms with E-state index in [-0.39, 0.29) is 12.3 Å². The molecule has 20 rings (SSSR count). The Morgan fingerprint density at radius 1 is 0.417 bits per heavy atom. The van der Waals surface area contributed by atoms with Crippen molar-refractivity contribution in [2.24, 2.45) is 35.5 Å². The Labute approximate surface area is 426 Å². The van der Waals surface area contributed by atoms with Crippen molar-refractivity contribution in [2.45, 2.75) is 87.9 Å². The number of anilines is 2. The second-order valence-corrected chi connectivity index (χ2v) is 26.0. The Kier molecular flexibility index (Phi) is 7.94. The summed E-state index contributed by atoms with van der Waals surface area (Å²) >= 11 is 1.95. The second-order valence-electron chi connectivity index (χ2n) is 24.9. The Balaban J connectivity index is 0.961. The van der Waals surface area contributed by atoms with Crippen LogP contribution < -0.4 is 15.7 Å². The van der Waals surface area contributed by atoms with Crippen LogP contribution in [0.15, 0.2) is 164 Å². The molecule has 0 atom stereocenters. The van der Waals surface area contributed by atoms with E-state index in [1.54, 1.807) is 11.1 Å². The standard InChI is InChI=1S/C68H57BN2S/c1-3-9-46(10-4-1)48-15-18-52(19-16-48)71-61-32-56-53-13-7-8-14-63(53)72-64(56)33-55(61)57-27-49(47-11-5-2-6-12-47)28-62-65(57)69(71)59-31-51(68-37-43-24-44(38-68)26-45(25-43)39-68)30-58-54-29-50(17-20-60(54)70(62)66(58)59)67-34-40-21-41(35-67)23-42(22-40)36-67/h1-20,27-33,40-45H,21-26,34-39H2. The summed E-state index contributed by atoms with van der Waals surface area (Å²) in [6.07, 6.45) is 17.1. The fourth-order valence-electron chi connectivity index (χ4n) is 18.8. The van der Waals surface area contributed by atoms with Gasteiger partial charge in [-0.2, -0.15) is 0 Å². The lowest BCUT2D eigenvalue weighted by Gasteiger charge is -2.57. The van der Waals surface area contributed by atoms with E-state index in [0.717, 1.165) is 35.5 Å². The van der Waals surface area contributed by atoms with Crippen LogP contribution in [0.2, 0.25) is 0 Å². The Morgan fingerprint density at radius 2 is 1.00 bits per heavy atom. The molecule has 2 nitrogen and oxygen atoms in total. The number of aromatic nitrogens is 1. The smallest absolute Gasteiger partial charge is 0.333 e. The van der Waals surface area contributed by atoms with E-state index in [2.05, 4.69) is 173 Å². The van der Waals surface area contributed by atoms with Crippen molar-refractivity contribution in [3.05, 3.63) is 175 Å². The van der Waals surface area contributed by atoms with Gasteiger partial charge in [-0.3, -0.25) is 0 Å². The van der Waals surface area contributed by atoms with Gasteiger partial charge < -0.3 is 9.38 Å². The van der Waals surface area contributed by atoms with Crippen molar-refractivity contribution in [1.29, 1.82) is 0 Å². The lowest BCUT2D eigenvalue weighted by molar-refractivity contribution is -0.00526. The van der Waals surface area contributed by atoms with Crippen LogP contribution in [0, 0.1) is 35.5 Å². The molecule has 0 N–H and O–H groups in total. The van der Waals surface area contributed by atoms with Gasteiger partial charge in [-0.15, -0.1) is 11.3 Å². The molecule has 348 valence electrons. The zero-order valence-corrected chi connectivity index (χ0v) is 41.7. The van der Waals surface area contributed by atoms with Crippen molar-refractivity contribution < 1.29 is 0 Å². The van der Waals surface area contributed by atoms with Crippen LogP contribution in [0.3, 0.4) is 0 Å². The molecule has 0 spiro atoms. The molecular formula is C68H57BN2S. The molecule has 2 aliphatic heterocycles. The van der Waals surface area contributed by atoms with Crippen molar-refractivity contribution in [3.63, 3.8) is 0 Å². The van der Waals surface area contributed by atoms with Crippen LogP contribution >= 0.6 is 11.3 Å². The predicted octanol–water partition coefficient (Wildman–Crippen LogP) is 16.7. The topological polar surface area (TPSA) is 8.17 Å². The minimum Gasteiger partial charge on any atom is -0.376 e. The third-order valence-corrected chi connectivity index (χ3v) is 22.0. The fourth-order valence-corrected chi connectivity index (χ4v) is 19.9. The minimum absolute atomic E-state index is 0.0203. The summed E-state index contributed by atoms with van der Waals surface area (Å²) in [6.45, 7) is -0.0203. The normalized spacial score (nSPS) is 27.9. The van der Waals surface area contributed by atoms with Gasteiger partial charge in [0.2, 0.25) is 0 Å². The van der Waals surface area contributed by atoms with E-state index in [4.69, 9.17) is 0 Å². The molecule has 0 radical (unpaired) electrons. The predicted molar refractivity (Wildman–Crippen MR) is 303 cm³/mol. The molecule has 2 aromatic heterocycles. The van der Waals surface area contributed by atoms with Crippen molar-refractivity contribution in [3.8, 4) is 39.1 Å². The average molecular weight is 945 g/mol. The number of thiophene rings is 1. The first kappa shape index (κ1) is 40.2. The first-order valence-corrected chi connectivity index (χ1v) is 28.6. The van der Waals surface area contributed by atoms with Crippen molar-refractivity contribution in [1.82, 2.24) is 4.57 Å². The Hall–Kier alpha value is -6.36. The SMILES string of the molecule is c1ccc(-c2ccc(N3B4c5c(cc(-c6ccccc6)cc5-n5c6ccc(C78CC9CC(CC(C9)C7)C8)cc6c6cc(C78CC9CC(CC(C9)C7)C8)cc4c65)-c4cc5sc6ccccc6c5cc43)cc2)cc1. The highest BCUT2D eigenvalue weighted by Crippen LogP contribution is 2.63. The summed E-state index contributed by atoms with van der Waals surface area (Å²) in [5.74, 6) is 5.37. The largest absolute Gasteiger partial charge is 0.376 e. The van der Waals surface area contributed by atoms with Gasteiger partial charge in [0.1, 0.15) is 0 Å². The maximum Gasteiger partial charge on any atom is 0.333 e. The Bertz CT molecular complexity index is 3880. The number of fused-ring (bicyclic) bond motifs is 10. The van der Waals surface area contributed by atoms with Gasteiger partial charge in [0, 0.05) is 53.6 Å². The van der Waals surface area contributed by atoms with Gasteiger partial charge >= 0.3 is 6.85 Å². The molecule has 10 aromatic rings. The van der Waals surface area contributed by atoms with Gasteiger partial charge in [-0.05, 0) is 234 Å². The highest BCUT2D eigenvalue weighted by molar-refractivity contribution is 7.25. The molecule has 8 aliphatic carbocycles. The highest BCUT2D eigenvalue weighted by Gasteiger charge is 2.54. The first-order valence-electron chi connectivity index (χ1n) is 27.8. The van der Waals surface area contributed by atoms with E-state index in [9.17, 15) is 0 Å². The third-order valence-electron chi connectivity index (χ3n) is 20.8. The van der Waals surface area contributed by atoms with Gasteiger partial charge in [-0.1, -0.05) is 103 Å². The average Bonchev–Trinajstić information content (AvgIpc) is 3.95. The molecule has 72 heavy (non-hydrogen) atoms. The quantitative estimate of drug-likeness (QED) is 0.156. The van der Waals surface area contributed by atoms with Gasteiger partial charge in [-0.25, -0.2) is 0 Å².